The molecule has 1 aromatic heterocycles. The molecule has 3 rings (SSSR count). The number of thiazole rings is 1. The zero-order valence-corrected chi connectivity index (χ0v) is 16.1. The van der Waals surface area contributed by atoms with Crippen LogP contribution in [0.5, 0.6) is 0 Å². The molecule has 0 aliphatic carbocycles. The fourth-order valence-corrected chi connectivity index (χ4v) is 3.98. The number of anilines is 1. The maximum absolute atomic E-state index is 4.62. The van der Waals surface area contributed by atoms with Gasteiger partial charge in [-0.15, -0.1) is 11.3 Å². The average molecular weight is 358 g/mol. The molecule has 1 atom stereocenters. The van der Waals surface area contributed by atoms with E-state index < -0.39 is 0 Å². The lowest BCUT2D eigenvalue weighted by atomic mass is 9.99. The molecule has 0 amide bonds. The predicted octanol–water partition coefficient (Wildman–Crippen LogP) is 2.85. The lowest BCUT2D eigenvalue weighted by Gasteiger charge is -2.21. The minimum Gasteiger partial charge on any atom is -0.354 e. The number of nitrogens with one attached hydrogen (secondary N) is 1. The molecule has 0 bridgehead atoms. The van der Waals surface area contributed by atoms with E-state index in [2.05, 4.69) is 55.9 Å². The van der Waals surface area contributed by atoms with Gasteiger partial charge in [-0.3, -0.25) is 4.99 Å². The van der Waals surface area contributed by atoms with Crippen molar-refractivity contribution in [2.24, 2.45) is 10.9 Å². The molecule has 25 heavy (non-hydrogen) atoms. The highest BCUT2D eigenvalue weighted by Crippen LogP contribution is 2.21. The normalized spacial score (nSPS) is 17.8. The van der Waals surface area contributed by atoms with Crippen molar-refractivity contribution >= 4 is 22.4 Å². The second kappa shape index (κ2) is 8.34. The van der Waals surface area contributed by atoms with Crippen molar-refractivity contribution in [3.63, 3.8) is 0 Å². The third-order valence-electron chi connectivity index (χ3n) is 4.51. The van der Waals surface area contributed by atoms with Crippen LogP contribution in [0.25, 0.3) is 0 Å². The summed E-state index contributed by atoms with van der Waals surface area (Å²) in [4.78, 5) is 13.5. The van der Waals surface area contributed by atoms with Gasteiger partial charge in [-0.05, 0) is 24.3 Å². The van der Waals surface area contributed by atoms with Crippen LogP contribution in [0.15, 0.2) is 40.7 Å². The smallest absolute Gasteiger partial charge is 0.193 e. The minimum atomic E-state index is 0.695. The maximum Gasteiger partial charge on any atom is 0.193 e. The summed E-state index contributed by atoms with van der Waals surface area (Å²) in [5, 5.41) is 6.61. The molecule has 6 heteroatoms. The van der Waals surface area contributed by atoms with Gasteiger partial charge in [0.25, 0.3) is 0 Å². The van der Waals surface area contributed by atoms with Gasteiger partial charge < -0.3 is 15.1 Å². The third kappa shape index (κ3) is 4.72. The Hall–Kier alpha value is -2.08. The molecule has 0 saturated carbocycles. The Morgan fingerprint density at radius 3 is 2.84 bits per heavy atom. The van der Waals surface area contributed by atoms with E-state index in [1.807, 2.05) is 26.0 Å². The summed E-state index contributed by atoms with van der Waals surface area (Å²) in [6.45, 7) is 2.85. The van der Waals surface area contributed by atoms with Crippen LogP contribution in [0, 0.1) is 5.92 Å². The van der Waals surface area contributed by atoms with Crippen LogP contribution >= 0.6 is 11.3 Å². The van der Waals surface area contributed by atoms with Crippen LogP contribution in [0.1, 0.15) is 17.7 Å². The molecular formula is C19H27N5S. The highest BCUT2D eigenvalue weighted by atomic mass is 32.1. The summed E-state index contributed by atoms with van der Waals surface area (Å²) in [6.07, 6.45) is 2.36. The molecular weight excluding hydrogens is 330 g/mol. The van der Waals surface area contributed by atoms with E-state index in [0.29, 0.717) is 5.92 Å². The molecule has 0 radical (unpaired) electrons. The molecule has 1 saturated heterocycles. The van der Waals surface area contributed by atoms with Gasteiger partial charge in [-0.25, -0.2) is 4.98 Å². The quantitative estimate of drug-likeness (QED) is 0.660. The van der Waals surface area contributed by atoms with Gasteiger partial charge >= 0.3 is 0 Å². The highest BCUT2D eigenvalue weighted by Gasteiger charge is 2.25. The first-order valence-electron chi connectivity index (χ1n) is 8.77. The number of benzene rings is 1. The Morgan fingerprint density at radius 2 is 2.16 bits per heavy atom. The highest BCUT2D eigenvalue weighted by molar-refractivity contribution is 7.13. The molecule has 1 aliphatic rings. The standard InChI is InChI=1S/C19H27N5S/c1-20-18(21-12-17-14-25-19(22-17)23(2)3)24-10-9-16(13-24)11-15-7-5-4-6-8-15/h4-8,14,16H,9-13H2,1-3H3,(H,20,21). The van der Waals surface area contributed by atoms with Crippen molar-refractivity contribution in [3.8, 4) is 0 Å². The molecule has 134 valence electrons. The lowest BCUT2D eigenvalue weighted by Crippen LogP contribution is -2.39. The van der Waals surface area contributed by atoms with Crippen molar-refractivity contribution in [2.75, 3.05) is 39.1 Å². The molecule has 0 spiro atoms. The number of rotatable bonds is 5. The Labute approximate surface area is 154 Å². The zero-order chi connectivity index (χ0) is 17.6. The maximum atomic E-state index is 4.62. The number of aromatic nitrogens is 1. The number of likely N-dealkylation sites (tertiary alicyclic amines) is 1. The second-order valence-corrected chi connectivity index (χ2v) is 7.54. The van der Waals surface area contributed by atoms with Gasteiger partial charge in [-0.2, -0.15) is 0 Å². The SMILES string of the molecule is CN=C(NCc1csc(N(C)C)n1)N1CCC(Cc2ccccc2)C1. The topological polar surface area (TPSA) is 43.8 Å². The van der Waals surface area contributed by atoms with E-state index in [1.165, 1.54) is 12.0 Å². The van der Waals surface area contributed by atoms with Crippen molar-refractivity contribution in [1.82, 2.24) is 15.2 Å². The number of aliphatic imine (C=N–C) groups is 1. The van der Waals surface area contributed by atoms with Gasteiger partial charge in [-0.1, -0.05) is 30.3 Å². The van der Waals surface area contributed by atoms with E-state index in [0.717, 1.165) is 42.8 Å². The Morgan fingerprint density at radius 1 is 1.36 bits per heavy atom. The molecule has 5 nitrogen and oxygen atoms in total. The average Bonchev–Trinajstić information content (AvgIpc) is 3.26. The van der Waals surface area contributed by atoms with Crippen LogP contribution in [0.4, 0.5) is 5.13 Å². The summed E-state index contributed by atoms with van der Waals surface area (Å²) < 4.78 is 0. The van der Waals surface area contributed by atoms with Crippen LogP contribution in [-0.4, -0.2) is 50.1 Å². The van der Waals surface area contributed by atoms with Crippen molar-refractivity contribution in [1.29, 1.82) is 0 Å². The van der Waals surface area contributed by atoms with E-state index in [4.69, 9.17) is 0 Å². The Kier molecular flexibility index (Phi) is 5.91. The van der Waals surface area contributed by atoms with Gasteiger partial charge in [0.05, 0.1) is 12.2 Å². The molecule has 1 fully saturated rings. The fourth-order valence-electron chi connectivity index (χ4n) is 3.22. The Balaban J connectivity index is 1.51. The zero-order valence-electron chi connectivity index (χ0n) is 15.3. The van der Waals surface area contributed by atoms with Crippen LogP contribution in [0.3, 0.4) is 0 Å². The Bertz CT molecular complexity index is 695. The van der Waals surface area contributed by atoms with E-state index >= 15 is 0 Å². The first-order valence-corrected chi connectivity index (χ1v) is 9.65. The summed E-state index contributed by atoms with van der Waals surface area (Å²) in [5.74, 6) is 1.68. The van der Waals surface area contributed by atoms with E-state index in [-0.39, 0.29) is 0 Å². The molecule has 1 unspecified atom stereocenters. The third-order valence-corrected chi connectivity index (χ3v) is 5.57. The number of hydrogen-bond acceptors (Lipinski definition) is 4. The molecule has 1 aromatic carbocycles. The van der Waals surface area contributed by atoms with Crippen molar-refractivity contribution < 1.29 is 0 Å². The molecule has 1 aliphatic heterocycles. The van der Waals surface area contributed by atoms with Gasteiger partial charge in [0.1, 0.15) is 0 Å². The lowest BCUT2D eigenvalue weighted by molar-refractivity contribution is 0.459. The number of hydrogen-bond donors (Lipinski definition) is 1. The van der Waals surface area contributed by atoms with Crippen molar-refractivity contribution in [3.05, 3.63) is 47.0 Å². The number of nitrogens with zero attached hydrogens (tertiary/aromatic N) is 4. The molecule has 1 N–H and O–H groups in total. The summed E-state index contributed by atoms with van der Waals surface area (Å²) >= 11 is 1.67. The first-order chi connectivity index (χ1) is 12.2. The first kappa shape index (κ1) is 17.7. The second-order valence-electron chi connectivity index (χ2n) is 6.71. The summed E-state index contributed by atoms with van der Waals surface area (Å²) in [6, 6.07) is 10.8. The molecule has 2 heterocycles. The molecule has 2 aromatic rings. The fraction of sp³-hybridized carbons (Fsp3) is 0.474. The minimum absolute atomic E-state index is 0.695. The monoisotopic (exact) mass is 357 g/mol. The van der Waals surface area contributed by atoms with Gasteiger partial charge in [0.15, 0.2) is 11.1 Å². The van der Waals surface area contributed by atoms with Gasteiger partial charge in [0, 0.05) is 39.6 Å². The summed E-state index contributed by atoms with van der Waals surface area (Å²) in [7, 11) is 5.90. The van der Waals surface area contributed by atoms with E-state index in [9.17, 15) is 0 Å². The predicted molar refractivity (Wildman–Crippen MR) is 106 cm³/mol. The largest absolute Gasteiger partial charge is 0.354 e. The summed E-state index contributed by atoms with van der Waals surface area (Å²) in [5.41, 5.74) is 2.49. The van der Waals surface area contributed by atoms with Gasteiger partial charge in [0.2, 0.25) is 0 Å². The van der Waals surface area contributed by atoms with Crippen molar-refractivity contribution in [2.45, 2.75) is 19.4 Å². The number of guanidine groups is 1. The van der Waals surface area contributed by atoms with Crippen LogP contribution in [-0.2, 0) is 13.0 Å². The van der Waals surface area contributed by atoms with E-state index in [1.54, 1.807) is 11.3 Å². The van der Waals surface area contributed by atoms with Crippen LogP contribution < -0.4 is 10.2 Å². The van der Waals surface area contributed by atoms with Crippen LogP contribution in [0.2, 0.25) is 0 Å².